The van der Waals surface area contributed by atoms with Gasteiger partial charge in [-0.1, -0.05) is 52.9 Å². The van der Waals surface area contributed by atoms with Crippen LogP contribution >= 0.6 is 0 Å². The molecule has 1 fully saturated rings. The number of benzene rings is 1. The molecule has 0 saturated heterocycles. The Hall–Kier alpha value is -1.93. The number of carbonyl (C=O) groups excluding carboxylic acids is 1. The van der Waals surface area contributed by atoms with Gasteiger partial charge in [-0.2, -0.15) is 4.31 Å². The molecule has 1 heterocycles. The van der Waals surface area contributed by atoms with Crippen molar-refractivity contribution in [2.45, 2.75) is 90.0 Å². The maximum Gasteiger partial charge on any atom is 0.243 e. The van der Waals surface area contributed by atoms with Crippen LogP contribution in [0.25, 0.3) is 11.0 Å². The number of rotatable bonds is 12. The molecule has 0 spiro atoms. The molecule has 0 bridgehead atoms. The summed E-state index contributed by atoms with van der Waals surface area (Å²) in [5, 5.41) is 3.08. The first-order chi connectivity index (χ1) is 15.9. The van der Waals surface area contributed by atoms with Crippen LogP contribution < -0.4 is 5.32 Å². The highest BCUT2D eigenvalue weighted by molar-refractivity contribution is 7.89. The van der Waals surface area contributed by atoms with Gasteiger partial charge in [0.1, 0.15) is 5.82 Å². The van der Waals surface area contributed by atoms with Crippen LogP contribution in [-0.2, 0) is 27.8 Å². The maximum atomic E-state index is 12.9. The minimum atomic E-state index is -3.53. The van der Waals surface area contributed by atoms with Crippen LogP contribution in [0.1, 0.15) is 78.0 Å². The number of hydrogen-bond acceptors (Lipinski definition) is 4. The molecule has 1 aromatic heterocycles. The van der Waals surface area contributed by atoms with E-state index in [-0.39, 0.29) is 10.8 Å². The van der Waals surface area contributed by atoms with Crippen molar-refractivity contribution >= 4 is 27.0 Å². The van der Waals surface area contributed by atoms with Gasteiger partial charge in [-0.3, -0.25) is 4.79 Å². The minimum Gasteiger partial charge on any atom is -0.356 e. The molecule has 1 saturated carbocycles. The van der Waals surface area contributed by atoms with Gasteiger partial charge in [0.15, 0.2) is 0 Å². The number of fused-ring (bicyclic) bond motifs is 1. The number of carbonyl (C=O) groups is 1. The molecule has 0 radical (unpaired) electrons. The molecular weight excluding hydrogens is 436 g/mol. The van der Waals surface area contributed by atoms with Crippen molar-refractivity contribution in [3.63, 3.8) is 0 Å². The van der Waals surface area contributed by atoms with E-state index in [0.717, 1.165) is 43.2 Å². The van der Waals surface area contributed by atoms with E-state index in [1.807, 2.05) is 19.9 Å². The first kappa shape index (κ1) is 25.7. The Kier molecular flexibility index (Phi) is 9.32. The number of aromatic nitrogens is 2. The quantitative estimate of drug-likeness (QED) is 0.489. The Balaban J connectivity index is 1.68. The summed E-state index contributed by atoms with van der Waals surface area (Å²) in [4.78, 5) is 17.4. The number of imidazole rings is 1. The summed E-state index contributed by atoms with van der Waals surface area (Å²) < 4.78 is 29.4. The molecule has 184 valence electrons. The van der Waals surface area contributed by atoms with Crippen LogP contribution in [0.4, 0.5) is 0 Å². The van der Waals surface area contributed by atoms with Crippen molar-refractivity contribution in [3.8, 4) is 0 Å². The Morgan fingerprint density at radius 2 is 1.88 bits per heavy atom. The molecule has 1 N–H and O–H groups in total. The number of nitrogens with zero attached hydrogens (tertiary/aromatic N) is 3. The summed E-state index contributed by atoms with van der Waals surface area (Å²) in [6.45, 7) is 8.19. The van der Waals surface area contributed by atoms with Crippen LogP contribution in [0.15, 0.2) is 23.1 Å². The highest BCUT2D eigenvalue weighted by atomic mass is 32.2. The lowest BCUT2D eigenvalue weighted by molar-refractivity contribution is -0.121. The Morgan fingerprint density at radius 3 is 2.55 bits per heavy atom. The fourth-order valence-corrected chi connectivity index (χ4v) is 6.38. The second-order valence-electron chi connectivity index (χ2n) is 9.06. The van der Waals surface area contributed by atoms with Gasteiger partial charge in [-0.25, -0.2) is 13.4 Å². The van der Waals surface area contributed by atoms with Crippen molar-refractivity contribution in [2.24, 2.45) is 5.92 Å². The molecule has 0 unspecified atom stereocenters. The third kappa shape index (κ3) is 6.35. The van der Waals surface area contributed by atoms with E-state index in [2.05, 4.69) is 16.8 Å². The van der Waals surface area contributed by atoms with Gasteiger partial charge in [0.2, 0.25) is 15.9 Å². The van der Waals surface area contributed by atoms with E-state index in [1.165, 1.54) is 36.4 Å². The van der Waals surface area contributed by atoms with Crippen molar-refractivity contribution < 1.29 is 13.2 Å². The normalized spacial score (nSPS) is 15.4. The van der Waals surface area contributed by atoms with Crippen LogP contribution in [0.3, 0.4) is 0 Å². The molecule has 0 atom stereocenters. The fraction of sp³-hybridized carbons (Fsp3) is 0.680. The zero-order valence-corrected chi connectivity index (χ0v) is 21.3. The average molecular weight is 477 g/mol. The van der Waals surface area contributed by atoms with Crippen molar-refractivity contribution in [1.82, 2.24) is 19.2 Å². The largest absolute Gasteiger partial charge is 0.356 e. The van der Waals surface area contributed by atoms with E-state index in [1.54, 1.807) is 12.1 Å². The van der Waals surface area contributed by atoms with Crippen LogP contribution in [-0.4, -0.2) is 47.8 Å². The lowest BCUT2D eigenvalue weighted by Gasteiger charge is -2.21. The third-order valence-corrected chi connectivity index (χ3v) is 8.81. The Labute approximate surface area is 199 Å². The molecule has 7 nitrogen and oxygen atoms in total. The topological polar surface area (TPSA) is 84.3 Å². The summed E-state index contributed by atoms with van der Waals surface area (Å²) in [7, 11) is -3.53. The predicted molar refractivity (Wildman–Crippen MR) is 133 cm³/mol. The Morgan fingerprint density at radius 1 is 1.15 bits per heavy atom. The van der Waals surface area contributed by atoms with E-state index >= 15 is 0 Å². The van der Waals surface area contributed by atoms with Gasteiger partial charge in [-0.05, 0) is 37.0 Å². The first-order valence-corrected chi connectivity index (χ1v) is 14.1. The number of sulfonamides is 1. The number of nitrogens with one attached hydrogen (secondary N) is 1. The van der Waals surface area contributed by atoms with E-state index in [9.17, 15) is 13.2 Å². The van der Waals surface area contributed by atoms with Crippen molar-refractivity contribution in [3.05, 3.63) is 24.0 Å². The molecule has 2 aromatic rings. The summed E-state index contributed by atoms with van der Waals surface area (Å²) in [5.41, 5.74) is 1.59. The molecular formula is C25H40N4O3S. The monoisotopic (exact) mass is 476 g/mol. The van der Waals surface area contributed by atoms with Crippen LogP contribution in [0.2, 0.25) is 0 Å². The lowest BCUT2D eigenvalue weighted by atomic mass is 9.87. The third-order valence-electron chi connectivity index (χ3n) is 6.76. The van der Waals surface area contributed by atoms with Gasteiger partial charge in [0, 0.05) is 39.0 Å². The molecule has 33 heavy (non-hydrogen) atoms. The number of hydrogen-bond donors (Lipinski definition) is 1. The van der Waals surface area contributed by atoms with Crippen molar-refractivity contribution in [1.29, 1.82) is 0 Å². The van der Waals surface area contributed by atoms with E-state index in [4.69, 9.17) is 4.98 Å². The molecule has 0 aliphatic heterocycles. The fourth-order valence-electron chi connectivity index (χ4n) is 4.90. The second-order valence-corrected chi connectivity index (χ2v) is 11.0. The van der Waals surface area contributed by atoms with Crippen LogP contribution in [0.5, 0.6) is 0 Å². The molecule has 1 aromatic carbocycles. The molecule has 1 amide bonds. The predicted octanol–water partition coefficient (Wildman–Crippen LogP) is 4.50. The second kappa shape index (κ2) is 12.0. The van der Waals surface area contributed by atoms with E-state index < -0.39 is 10.0 Å². The molecule has 1 aliphatic carbocycles. The van der Waals surface area contributed by atoms with E-state index in [0.29, 0.717) is 31.4 Å². The summed E-state index contributed by atoms with van der Waals surface area (Å²) >= 11 is 0. The summed E-state index contributed by atoms with van der Waals surface area (Å²) in [5.74, 6) is 1.66. The number of aryl methyl sites for hydroxylation is 2. The zero-order valence-electron chi connectivity index (χ0n) is 20.5. The highest BCUT2D eigenvalue weighted by Gasteiger charge is 2.23. The van der Waals surface area contributed by atoms with Gasteiger partial charge >= 0.3 is 0 Å². The smallest absolute Gasteiger partial charge is 0.243 e. The number of amides is 1. The summed E-state index contributed by atoms with van der Waals surface area (Å²) in [6.07, 6.45) is 9.53. The van der Waals surface area contributed by atoms with Crippen LogP contribution in [0, 0.1) is 5.92 Å². The highest BCUT2D eigenvalue weighted by Crippen LogP contribution is 2.26. The Bertz CT molecular complexity index is 1020. The lowest BCUT2D eigenvalue weighted by Crippen LogP contribution is -2.30. The van der Waals surface area contributed by atoms with Crippen molar-refractivity contribution in [2.75, 3.05) is 19.6 Å². The SMILES string of the molecule is CCCn1c(CCC(=O)NCCC2CCCCC2)nc2cc(S(=O)(=O)N(CC)CC)ccc21. The molecule has 8 heteroatoms. The molecule has 1 aliphatic rings. The zero-order chi connectivity index (χ0) is 23.8. The maximum absolute atomic E-state index is 12.9. The van der Waals surface area contributed by atoms with Gasteiger partial charge in [-0.15, -0.1) is 0 Å². The van der Waals surface area contributed by atoms with Gasteiger partial charge < -0.3 is 9.88 Å². The summed E-state index contributed by atoms with van der Waals surface area (Å²) in [6, 6.07) is 5.19. The van der Waals surface area contributed by atoms with Gasteiger partial charge in [0.05, 0.1) is 15.9 Å². The first-order valence-electron chi connectivity index (χ1n) is 12.7. The standard InChI is InChI=1S/C25H40N4O3S/c1-4-18-29-23-13-12-21(33(31,32)28(5-2)6-3)19-22(23)27-24(29)14-15-25(30)26-17-16-20-10-8-7-9-11-20/h12-13,19-20H,4-11,14-18H2,1-3H3,(H,26,30). The minimum absolute atomic E-state index is 0.0608. The van der Waals surface area contributed by atoms with Gasteiger partial charge in [0.25, 0.3) is 0 Å². The average Bonchev–Trinajstić information content (AvgIpc) is 3.16. The molecule has 3 rings (SSSR count).